The van der Waals surface area contributed by atoms with Gasteiger partial charge in [-0.3, -0.25) is 9.59 Å². The summed E-state index contributed by atoms with van der Waals surface area (Å²) in [5, 5.41) is 0. The van der Waals surface area contributed by atoms with E-state index in [1.54, 1.807) is 30.3 Å². The molecule has 1 unspecified atom stereocenters. The first-order chi connectivity index (χ1) is 7.24. The van der Waals surface area contributed by atoms with E-state index < -0.39 is 11.8 Å². The molecule has 1 aliphatic heterocycles. The van der Waals surface area contributed by atoms with Crippen LogP contribution >= 0.6 is 0 Å². The van der Waals surface area contributed by atoms with Gasteiger partial charge in [0.25, 0.3) is 0 Å². The molecule has 0 N–H and O–H groups in total. The summed E-state index contributed by atoms with van der Waals surface area (Å²) in [5.74, 6) is -1.55. The Kier molecular flexibility index (Phi) is 2.33. The summed E-state index contributed by atoms with van der Waals surface area (Å²) >= 11 is 0. The predicted octanol–water partition coefficient (Wildman–Crippen LogP) is 0.765. The average Bonchev–Trinajstić information content (AvgIpc) is 2.55. The lowest BCUT2D eigenvalue weighted by atomic mass is 10.1. The third-order valence-electron chi connectivity index (χ3n) is 2.36. The standard InChI is InChI=1S/C11H9NO3/c13-7-8-6-10(14)12(11(8)15)9-4-2-1-3-5-9/h1-5,7-8H,6H2. The van der Waals surface area contributed by atoms with E-state index in [0.29, 0.717) is 12.0 Å². The third kappa shape index (κ3) is 1.54. The maximum absolute atomic E-state index is 11.6. The van der Waals surface area contributed by atoms with Crippen LogP contribution in [0.4, 0.5) is 5.69 Å². The van der Waals surface area contributed by atoms with Crippen LogP contribution in [0.25, 0.3) is 0 Å². The van der Waals surface area contributed by atoms with Gasteiger partial charge >= 0.3 is 0 Å². The van der Waals surface area contributed by atoms with E-state index in [-0.39, 0.29) is 12.3 Å². The van der Waals surface area contributed by atoms with Crippen molar-refractivity contribution in [3.63, 3.8) is 0 Å². The topological polar surface area (TPSA) is 54.5 Å². The Morgan fingerprint density at radius 2 is 1.87 bits per heavy atom. The molecule has 1 aliphatic rings. The lowest BCUT2D eigenvalue weighted by Crippen LogP contribution is -2.30. The molecule has 1 heterocycles. The molecule has 0 aliphatic carbocycles. The molecule has 0 saturated carbocycles. The van der Waals surface area contributed by atoms with Crippen molar-refractivity contribution in [3.05, 3.63) is 30.3 Å². The van der Waals surface area contributed by atoms with Gasteiger partial charge in [0.15, 0.2) is 0 Å². The number of rotatable bonds is 2. The van der Waals surface area contributed by atoms with Gasteiger partial charge in [0.1, 0.15) is 12.2 Å². The molecular formula is C11H9NO3. The van der Waals surface area contributed by atoms with E-state index in [0.717, 1.165) is 4.90 Å². The molecule has 0 spiro atoms. The van der Waals surface area contributed by atoms with Crippen LogP contribution in [0.2, 0.25) is 0 Å². The molecule has 15 heavy (non-hydrogen) atoms. The highest BCUT2D eigenvalue weighted by Crippen LogP contribution is 2.24. The largest absolute Gasteiger partial charge is 0.302 e. The van der Waals surface area contributed by atoms with Crippen molar-refractivity contribution in [3.8, 4) is 0 Å². The molecule has 1 atom stereocenters. The Hall–Kier alpha value is -1.97. The second-order valence-corrected chi connectivity index (χ2v) is 3.35. The summed E-state index contributed by atoms with van der Waals surface area (Å²) in [6, 6.07) is 8.62. The van der Waals surface area contributed by atoms with Gasteiger partial charge in [-0.2, -0.15) is 0 Å². The first-order valence-corrected chi connectivity index (χ1v) is 4.61. The van der Waals surface area contributed by atoms with Crippen molar-refractivity contribution in [2.45, 2.75) is 6.42 Å². The van der Waals surface area contributed by atoms with Crippen molar-refractivity contribution in [2.75, 3.05) is 4.90 Å². The molecule has 1 saturated heterocycles. The summed E-state index contributed by atoms with van der Waals surface area (Å²) in [6.45, 7) is 0. The number of aldehydes is 1. The lowest BCUT2D eigenvalue weighted by Gasteiger charge is -2.13. The highest BCUT2D eigenvalue weighted by atomic mass is 16.2. The molecule has 0 bridgehead atoms. The van der Waals surface area contributed by atoms with E-state index in [4.69, 9.17) is 0 Å². The predicted molar refractivity (Wildman–Crippen MR) is 53.1 cm³/mol. The quantitative estimate of drug-likeness (QED) is 0.405. The highest BCUT2D eigenvalue weighted by molar-refractivity contribution is 6.24. The van der Waals surface area contributed by atoms with Gasteiger partial charge in [0.2, 0.25) is 11.8 Å². The van der Waals surface area contributed by atoms with Gasteiger partial charge < -0.3 is 4.79 Å². The summed E-state index contributed by atoms with van der Waals surface area (Å²) in [6.07, 6.45) is 0.514. The number of carbonyl (C=O) groups is 3. The van der Waals surface area contributed by atoms with E-state index in [1.165, 1.54) is 0 Å². The summed E-state index contributed by atoms with van der Waals surface area (Å²) < 4.78 is 0. The molecule has 0 radical (unpaired) electrons. The Balaban J connectivity index is 2.35. The highest BCUT2D eigenvalue weighted by Gasteiger charge is 2.39. The first kappa shape index (κ1) is 9.58. The second kappa shape index (κ2) is 3.65. The van der Waals surface area contributed by atoms with Crippen LogP contribution < -0.4 is 4.90 Å². The number of imide groups is 1. The number of hydrogen-bond acceptors (Lipinski definition) is 3. The van der Waals surface area contributed by atoms with E-state index in [1.807, 2.05) is 0 Å². The van der Waals surface area contributed by atoms with Crippen LogP contribution in [0.5, 0.6) is 0 Å². The van der Waals surface area contributed by atoms with Crippen LogP contribution in [-0.4, -0.2) is 18.1 Å². The molecule has 1 aromatic rings. The van der Waals surface area contributed by atoms with E-state index in [2.05, 4.69) is 0 Å². The molecule has 1 fully saturated rings. The Labute approximate surface area is 86.5 Å². The fourth-order valence-corrected chi connectivity index (χ4v) is 1.61. The third-order valence-corrected chi connectivity index (χ3v) is 2.36. The van der Waals surface area contributed by atoms with Crippen molar-refractivity contribution >= 4 is 23.8 Å². The molecular weight excluding hydrogens is 194 g/mol. The zero-order valence-corrected chi connectivity index (χ0v) is 7.92. The average molecular weight is 203 g/mol. The zero-order valence-electron chi connectivity index (χ0n) is 7.92. The molecule has 1 aromatic carbocycles. The fourth-order valence-electron chi connectivity index (χ4n) is 1.61. The SMILES string of the molecule is O=CC1CC(=O)N(c2ccccc2)C1=O. The smallest absolute Gasteiger partial charge is 0.244 e. The second-order valence-electron chi connectivity index (χ2n) is 3.35. The zero-order chi connectivity index (χ0) is 10.8. The molecule has 2 rings (SSSR count). The molecule has 4 nitrogen and oxygen atoms in total. The maximum Gasteiger partial charge on any atom is 0.244 e. The normalized spacial score (nSPS) is 20.8. The van der Waals surface area contributed by atoms with E-state index in [9.17, 15) is 14.4 Å². The molecule has 4 heteroatoms. The van der Waals surface area contributed by atoms with Crippen LogP contribution in [0.3, 0.4) is 0 Å². The van der Waals surface area contributed by atoms with Crippen molar-refractivity contribution in [2.24, 2.45) is 5.92 Å². The summed E-state index contributed by atoms with van der Waals surface area (Å²) in [4.78, 5) is 34.7. The minimum absolute atomic E-state index is 0.0166. The Bertz CT molecular complexity index is 413. The number of hydrogen-bond donors (Lipinski definition) is 0. The van der Waals surface area contributed by atoms with Crippen molar-refractivity contribution in [1.29, 1.82) is 0 Å². The van der Waals surface area contributed by atoms with E-state index >= 15 is 0 Å². The van der Waals surface area contributed by atoms with Crippen molar-refractivity contribution in [1.82, 2.24) is 0 Å². The van der Waals surface area contributed by atoms with Crippen LogP contribution in [-0.2, 0) is 14.4 Å². The number of anilines is 1. The number of para-hydroxylation sites is 1. The molecule has 0 aromatic heterocycles. The number of nitrogens with zero attached hydrogens (tertiary/aromatic N) is 1. The van der Waals surface area contributed by atoms with Crippen LogP contribution in [0, 0.1) is 5.92 Å². The van der Waals surface area contributed by atoms with Gasteiger partial charge in [0.05, 0.1) is 5.69 Å². The number of amides is 2. The molecule has 76 valence electrons. The Morgan fingerprint density at radius 3 is 2.40 bits per heavy atom. The summed E-state index contributed by atoms with van der Waals surface area (Å²) in [7, 11) is 0. The van der Waals surface area contributed by atoms with Gasteiger partial charge in [-0.25, -0.2) is 4.90 Å². The Morgan fingerprint density at radius 1 is 1.20 bits per heavy atom. The minimum Gasteiger partial charge on any atom is -0.302 e. The monoisotopic (exact) mass is 203 g/mol. The fraction of sp³-hybridized carbons (Fsp3) is 0.182. The van der Waals surface area contributed by atoms with Crippen LogP contribution in [0.1, 0.15) is 6.42 Å². The molecule has 2 amide bonds. The van der Waals surface area contributed by atoms with Gasteiger partial charge in [-0.05, 0) is 12.1 Å². The van der Waals surface area contributed by atoms with Gasteiger partial charge in [0, 0.05) is 6.42 Å². The van der Waals surface area contributed by atoms with Crippen LogP contribution in [0.15, 0.2) is 30.3 Å². The van der Waals surface area contributed by atoms with Gasteiger partial charge in [-0.1, -0.05) is 18.2 Å². The minimum atomic E-state index is -0.808. The summed E-state index contributed by atoms with van der Waals surface area (Å²) in [5.41, 5.74) is 0.525. The lowest BCUT2D eigenvalue weighted by molar-refractivity contribution is -0.125. The number of carbonyl (C=O) groups excluding carboxylic acids is 3. The number of benzene rings is 1. The first-order valence-electron chi connectivity index (χ1n) is 4.61. The maximum atomic E-state index is 11.6. The van der Waals surface area contributed by atoms with Crippen molar-refractivity contribution < 1.29 is 14.4 Å². The van der Waals surface area contributed by atoms with Gasteiger partial charge in [-0.15, -0.1) is 0 Å².